The number of nitrogens with one attached hydrogen (secondary N) is 2. The second kappa shape index (κ2) is 9.35. The van der Waals surface area contributed by atoms with Crippen molar-refractivity contribution in [1.29, 1.82) is 0 Å². The lowest BCUT2D eigenvalue weighted by molar-refractivity contribution is -0.126. The Balaban J connectivity index is 0.00000264. The summed E-state index contributed by atoms with van der Waals surface area (Å²) < 4.78 is 0. The molecule has 1 unspecified atom stereocenters. The van der Waals surface area contributed by atoms with E-state index in [1.807, 2.05) is 0 Å². The van der Waals surface area contributed by atoms with Gasteiger partial charge in [0.05, 0.1) is 11.9 Å². The maximum absolute atomic E-state index is 12.0. The molecule has 1 heterocycles. The lowest BCUT2D eigenvalue weighted by atomic mass is 9.87. The Morgan fingerprint density at radius 3 is 2.61 bits per heavy atom. The van der Waals surface area contributed by atoms with E-state index in [0.29, 0.717) is 23.8 Å². The molecule has 1 saturated carbocycles. The summed E-state index contributed by atoms with van der Waals surface area (Å²) in [5, 5.41) is 5.47. The molecule has 0 aromatic carbocycles. The van der Waals surface area contributed by atoms with Crippen molar-refractivity contribution in [1.82, 2.24) is 10.3 Å². The van der Waals surface area contributed by atoms with Gasteiger partial charge in [-0.25, -0.2) is 4.98 Å². The second-order valence-corrected chi connectivity index (χ2v) is 5.96. The highest BCUT2D eigenvalue weighted by Crippen LogP contribution is 2.26. The van der Waals surface area contributed by atoms with Crippen LogP contribution in [-0.4, -0.2) is 22.8 Å². The summed E-state index contributed by atoms with van der Waals surface area (Å²) in [5.74, 6) is 0.547. The van der Waals surface area contributed by atoms with Crippen LogP contribution in [0.15, 0.2) is 18.3 Å². The van der Waals surface area contributed by atoms with Crippen LogP contribution >= 0.6 is 12.4 Å². The molecule has 1 aromatic heterocycles. The van der Waals surface area contributed by atoms with Crippen molar-refractivity contribution in [2.75, 3.05) is 11.1 Å². The van der Waals surface area contributed by atoms with Gasteiger partial charge in [0, 0.05) is 6.42 Å². The van der Waals surface area contributed by atoms with Crippen LogP contribution in [0.4, 0.5) is 11.5 Å². The molecule has 6 nitrogen and oxygen atoms in total. The van der Waals surface area contributed by atoms with Gasteiger partial charge < -0.3 is 16.4 Å². The zero-order valence-electron chi connectivity index (χ0n) is 13.4. The second-order valence-electron chi connectivity index (χ2n) is 5.96. The summed E-state index contributed by atoms with van der Waals surface area (Å²) in [7, 11) is 0. The van der Waals surface area contributed by atoms with Crippen molar-refractivity contribution in [3.05, 3.63) is 18.3 Å². The number of amides is 2. The third kappa shape index (κ3) is 6.44. The number of nitrogens with two attached hydrogens (primary N) is 1. The molecule has 2 rings (SSSR count). The molecule has 2 amide bonds. The number of hydrogen-bond donors (Lipinski definition) is 3. The highest BCUT2D eigenvalue weighted by atomic mass is 35.5. The van der Waals surface area contributed by atoms with Crippen LogP contribution in [0.5, 0.6) is 0 Å². The zero-order chi connectivity index (χ0) is 15.9. The van der Waals surface area contributed by atoms with E-state index >= 15 is 0 Å². The third-order valence-electron chi connectivity index (χ3n) is 4.02. The highest BCUT2D eigenvalue weighted by molar-refractivity contribution is 5.96. The Labute approximate surface area is 143 Å². The van der Waals surface area contributed by atoms with Crippen LogP contribution in [-0.2, 0) is 9.59 Å². The Kier molecular flexibility index (Phi) is 7.81. The molecule has 0 bridgehead atoms. The van der Waals surface area contributed by atoms with Gasteiger partial charge in [-0.3, -0.25) is 9.59 Å². The Bertz CT molecular complexity index is 515. The van der Waals surface area contributed by atoms with Crippen molar-refractivity contribution in [3.8, 4) is 0 Å². The lowest BCUT2D eigenvalue weighted by Gasteiger charge is -2.22. The third-order valence-corrected chi connectivity index (χ3v) is 4.02. The van der Waals surface area contributed by atoms with Gasteiger partial charge in [0.25, 0.3) is 0 Å². The predicted molar refractivity (Wildman–Crippen MR) is 93.3 cm³/mol. The summed E-state index contributed by atoms with van der Waals surface area (Å²) in [6, 6.07) is 2.72. The lowest BCUT2D eigenvalue weighted by Crippen LogP contribution is -2.42. The number of halogens is 1. The van der Waals surface area contributed by atoms with E-state index in [1.165, 1.54) is 25.5 Å². The van der Waals surface area contributed by atoms with Crippen LogP contribution < -0.4 is 16.4 Å². The Morgan fingerprint density at radius 2 is 2.00 bits per heavy atom. The number of carbonyl (C=O) groups is 2. The molecule has 23 heavy (non-hydrogen) atoms. The van der Waals surface area contributed by atoms with Gasteiger partial charge in [0.2, 0.25) is 11.8 Å². The van der Waals surface area contributed by atoms with Crippen LogP contribution in [0.1, 0.15) is 45.4 Å². The number of nitrogens with zero attached hydrogens (tertiary/aromatic N) is 1. The predicted octanol–water partition coefficient (Wildman–Crippen LogP) is 2.50. The van der Waals surface area contributed by atoms with Crippen LogP contribution in [0.3, 0.4) is 0 Å². The largest absolute Gasteiger partial charge is 0.384 e. The first-order valence-electron chi connectivity index (χ1n) is 7.86. The first-order chi connectivity index (χ1) is 10.5. The van der Waals surface area contributed by atoms with Gasteiger partial charge in [0.1, 0.15) is 11.9 Å². The molecule has 1 fully saturated rings. The Hall–Kier alpha value is -1.82. The van der Waals surface area contributed by atoms with Gasteiger partial charge in [-0.2, -0.15) is 0 Å². The van der Waals surface area contributed by atoms with Crippen molar-refractivity contribution < 1.29 is 9.59 Å². The number of nitrogen functional groups attached to an aromatic ring is 1. The quantitative estimate of drug-likeness (QED) is 0.767. The molecule has 1 aliphatic rings. The highest BCUT2D eigenvalue weighted by Gasteiger charge is 2.20. The normalized spacial score (nSPS) is 16.0. The van der Waals surface area contributed by atoms with E-state index in [1.54, 1.807) is 19.1 Å². The monoisotopic (exact) mass is 340 g/mol. The molecule has 7 heteroatoms. The number of carbonyl (C=O) groups excluding carboxylic acids is 2. The molecule has 1 aliphatic carbocycles. The first-order valence-corrected chi connectivity index (χ1v) is 7.86. The van der Waals surface area contributed by atoms with Gasteiger partial charge in [-0.15, -0.1) is 12.4 Å². The standard InChI is InChI=1S/C16H24N4O2.ClH/c1-11(16(22)20-13-7-8-14(17)18-10-13)19-15(21)9-12-5-3-2-4-6-12;/h7-8,10-12H,2-6,9H2,1H3,(H2,17,18)(H,19,21)(H,20,22);1H. The number of pyridine rings is 1. The van der Waals surface area contributed by atoms with Gasteiger partial charge in [0.15, 0.2) is 0 Å². The summed E-state index contributed by atoms with van der Waals surface area (Å²) in [5.41, 5.74) is 6.05. The number of hydrogen-bond acceptors (Lipinski definition) is 4. The average molecular weight is 341 g/mol. The molecule has 128 valence electrons. The minimum absolute atomic E-state index is 0. The zero-order valence-corrected chi connectivity index (χ0v) is 14.2. The van der Waals surface area contributed by atoms with Gasteiger partial charge in [-0.05, 0) is 37.8 Å². The molecule has 0 saturated heterocycles. The van der Waals surface area contributed by atoms with Gasteiger partial charge in [-0.1, -0.05) is 19.3 Å². The average Bonchev–Trinajstić information content (AvgIpc) is 2.50. The molecule has 1 aromatic rings. The first kappa shape index (κ1) is 19.2. The molecular formula is C16H25ClN4O2. The van der Waals surface area contributed by atoms with E-state index in [-0.39, 0.29) is 24.2 Å². The fourth-order valence-electron chi connectivity index (χ4n) is 2.75. The smallest absolute Gasteiger partial charge is 0.246 e. The minimum atomic E-state index is -0.575. The Morgan fingerprint density at radius 1 is 1.30 bits per heavy atom. The molecule has 1 atom stereocenters. The SMILES string of the molecule is CC(NC(=O)CC1CCCCC1)C(=O)Nc1ccc(N)nc1.Cl. The van der Waals surface area contributed by atoms with Gasteiger partial charge >= 0.3 is 0 Å². The van der Waals surface area contributed by atoms with E-state index in [9.17, 15) is 9.59 Å². The van der Waals surface area contributed by atoms with Crippen molar-refractivity contribution in [3.63, 3.8) is 0 Å². The van der Waals surface area contributed by atoms with Crippen molar-refractivity contribution >= 4 is 35.7 Å². The topological polar surface area (TPSA) is 97.1 Å². The summed E-state index contributed by atoms with van der Waals surface area (Å²) in [4.78, 5) is 27.9. The summed E-state index contributed by atoms with van der Waals surface area (Å²) in [6.45, 7) is 1.68. The molecule has 4 N–H and O–H groups in total. The fraction of sp³-hybridized carbons (Fsp3) is 0.562. The van der Waals surface area contributed by atoms with Crippen LogP contribution in [0.25, 0.3) is 0 Å². The number of rotatable bonds is 5. The maximum atomic E-state index is 12.0. The number of aromatic nitrogens is 1. The van der Waals surface area contributed by atoms with E-state index in [2.05, 4.69) is 15.6 Å². The van der Waals surface area contributed by atoms with E-state index in [0.717, 1.165) is 12.8 Å². The van der Waals surface area contributed by atoms with E-state index < -0.39 is 6.04 Å². The van der Waals surface area contributed by atoms with E-state index in [4.69, 9.17) is 5.73 Å². The summed E-state index contributed by atoms with van der Waals surface area (Å²) in [6.07, 6.45) is 7.92. The molecule has 0 radical (unpaired) electrons. The van der Waals surface area contributed by atoms with Crippen LogP contribution in [0, 0.1) is 5.92 Å². The van der Waals surface area contributed by atoms with Crippen molar-refractivity contribution in [2.24, 2.45) is 5.92 Å². The minimum Gasteiger partial charge on any atom is -0.384 e. The molecule has 0 spiro atoms. The fourth-order valence-corrected chi connectivity index (χ4v) is 2.75. The summed E-state index contributed by atoms with van der Waals surface area (Å²) >= 11 is 0. The molecule has 0 aliphatic heterocycles. The molecular weight excluding hydrogens is 316 g/mol. The van der Waals surface area contributed by atoms with Crippen LogP contribution in [0.2, 0.25) is 0 Å². The van der Waals surface area contributed by atoms with Crippen molar-refractivity contribution in [2.45, 2.75) is 51.5 Å². The maximum Gasteiger partial charge on any atom is 0.246 e. The number of anilines is 2.